The Hall–Kier alpha value is -0.610. The lowest BCUT2D eigenvalue weighted by atomic mass is 10.2. The van der Waals surface area contributed by atoms with Gasteiger partial charge < -0.3 is 4.90 Å². The molecule has 0 spiro atoms. The highest BCUT2D eigenvalue weighted by atomic mass is 16.3. The fourth-order valence-corrected chi connectivity index (χ4v) is 1.58. The molecule has 13 heavy (non-hydrogen) atoms. The van der Waals surface area contributed by atoms with Crippen molar-refractivity contribution in [2.45, 2.75) is 26.5 Å². The second-order valence-corrected chi connectivity index (χ2v) is 3.40. The van der Waals surface area contributed by atoms with Crippen molar-refractivity contribution < 1.29 is 9.90 Å². The third-order valence-electron chi connectivity index (χ3n) is 2.52. The molecule has 1 aliphatic heterocycles. The molecule has 0 aromatic heterocycles. The van der Waals surface area contributed by atoms with Crippen LogP contribution in [-0.2, 0) is 9.90 Å². The number of hydrogen-bond donors (Lipinski definition) is 0. The van der Waals surface area contributed by atoms with Gasteiger partial charge in [0, 0.05) is 33.1 Å². The van der Waals surface area contributed by atoms with Gasteiger partial charge in [-0.1, -0.05) is 6.92 Å². The van der Waals surface area contributed by atoms with Crippen LogP contribution < -0.4 is 0 Å². The lowest BCUT2D eigenvalue weighted by Gasteiger charge is -2.35. The van der Waals surface area contributed by atoms with E-state index in [4.69, 9.17) is 0 Å². The molecule has 1 saturated heterocycles. The van der Waals surface area contributed by atoms with E-state index in [0.29, 0.717) is 19.5 Å². The summed E-state index contributed by atoms with van der Waals surface area (Å²) in [6.45, 7) is 6.32. The molecule has 1 rings (SSSR count). The largest absolute Gasteiger partial charge is 0.340 e. The fourth-order valence-electron chi connectivity index (χ4n) is 1.58. The Balaban J connectivity index is 2.34. The standard InChI is InChI=1S/C9H17N2O2/c1-3-9(13)11-6-4-10(5-7-11)8(2)12/h9H,3-7H2,1-2H3. The van der Waals surface area contributed by atoms with Crippen LogP contribution in [0.2, 0.25) is 0 Å². The average Bonchev–Trinajstić information content (AvgIpc) is 2.17. The summed E-state index contributed by atoms with van der Waals surface area (Å²) in [5, 5.41) is 11.3. The van der Waals surface area contributed by atoms with Gasteiger partial charge in [0.15, 0.2) is 0 Å². The van der Waals surface area contributed by atoms with Gasteiger partial charge in [0.25, 0.3) is 0 Å². The van der Waals surface area contributed by atoms with Crippen LogP contribution in [0.15, 0.2) is 0 Å². The lowest BCUT2D eigenvalue weighted by molar-refractivity contribution is -0.134. The van der Waals surface area contributed by atoms with Crippen molar-refractivity contribution >= 4 is 5.91 Å². The van der Waals surface area contributed by atoms with Crippen molar-refractivity contribution in [2.75, 3.05) is 26.2 Å². The summed E-state index contributed by atoms with van der Waals surface area (Å²) in [5.41, 5.74) is 0. The monoisotopic (exact) mass is 185 g/mol. The van der Waals surface area contributed by atoms with Crippen LogP contribution in [0.4, 0.5) is 0 Å². The minimum Gasteiger partial charge on any atom is -0.340 e. The average molecular weight is 185 g/mol. The van der Waals surface area contributed by atoms with Crippen LogP contribution in [0.25, 0.3) is 0 Å². The zero-order chi connectivity index (χ0) is 9.84. The first-order valence-corrected chi connectivity index (χ1v) is 4.80. The Morgan fingerprint density at radius 3 is 2.23 bits per heavy atom. The number of amides is 1. The summed E-state index contributed by atoms with van der Waals surface area (Å²) < 4.78 is 0. The Morgan fingerprint density at radius 1 is 1.31 bits per heavy atom. The molecule has 75 valence electrons. The minimum absolute atomic E-state index is 0.110. The number of carbonyl (C=O) groups is 1. The zero-order valence-electron chi connectivity index (χ0n) is 8.32. The highest BCUT2D eigenvalue weighted by Crippen LogP contribution is 2.07. The Labute approximate surface area is 79.1 Å². The molecule has 1 unspecified atom stereocenters. The van der Waals surface area contributed by atoms with Crippen molar-refractivity contribution in [1.29, 1.82) is 0 Å². The fraction of sp³-hybridized carbons (Fsp3) is 0.889. The van der Waals surface area contributed by atoms with E-state index in [1.807, 2.05) is 11.8 Å². The van der Waals surface area contributed by atoms with Crippen LogP contribution in [0.5, 0.6) is 0 Å². The van der Waals surface area contributed by atoms with Crippen molar-refractivity contribution in [3.05, 3.63) is 0 Å². The molecule has 1 aliphatic rings. The van der Waals surface area contributed by atoms with Crippen molar-refractivity contribution in [2.24, 2.45) is 0 Å². The number of hydrogen-bond acceptors (Lipinski definition) is 2. The maximum absolute atomic E-state index is 11.3. The summed E-state index contributed by atoms with van der Waals surface area (Å²) in [5.74, 6) is 0.110. The van der Waals surface area contributed by atoms with Crippen LogP contribution in [0.1, 0.15) is 20.3 Å². The van der Waals surface area contributed by atoms with Crippen LogP contribution in [-0.4, -0.2) is 48.1 Å². The Kier molecular flexibility index (Phi) is 3.69. The normalized spacial score (nSPS) is 21.6. The van der Waals surface area contributed by atoms with E-state index in [9.17, 15) is 9.90 Å². The molecule has 1 amide bonds. The van der Waals surface area contributed by atoms with Crippen LogP contribution in [0.3, 0.4) is 0 Å². The molecule has 4 heteroatoms. The summed E-state index contributed by atoms with van der Waals surface area (Å²) in [6, 6.07) is 0. The van der Waals surface area contributed by atoms with Gasteiger partial charge in [-0.25, -0.2) is 5.11 Å². The van der Waals surface area contributed by atoms with E-state index < -0.39 is 6.23 Å². The molecular weight excluding hydrogens is 168 g/mol. The molecule has 0 N–H and O–H groups in total. The highest BCUT2D eigenvalue weighted by Gasteiger charge is 2.22. The van der Waals surface area contributed by atoms with Gasteiger partial charge in [-0.05, 0) is 6.42 Å². The summed E-state index contributed by atoms with van der Waals surface area (Å²) in [6.07, 6.45) is 0.0502. The highest BCUT2D eigenvalue weighted by molar-refractivity contribution is 5.73. The molecule has 0 aliphatic carbocycles. The molecule has 0 aromatic carbocycles. The van der Waals surface area contributed by atoms with Gasteiger partial charge in [-0.2, -0.15) is 0 Å². The Bertz CT molecular complexity index is 176. The van der Waals surface area contributed by atoms with Crippen LogP contribution in [0, 0.1) is 0 Å². The smallest absolute Gasteiger partial charge is 0.219 e. The van der Waals surface area contributed by atoms with Gasteiger partial charge in [0.1, 0.15) is 6.23 Å². The molecule has 0 bridgehead atoms. The quantitative estimate of drug-likeness (QED) is 0.621. The summed E-state index contributed by atoms with van der Waals surface area (Å²) in [7, 11) is 0. The first-order valence-electron chi connectivity index (χ1n) is 4.80. The predicted octanol–water partition coefficient (Wildman–Crippen LogP) is 0.317. The third kappa shape index (κ3) is 2.67. The molecule has 1 atom stereocenters. The summed E-state index contributed by atoms with van der Waals surface area (Å²) in [4.78, 5) is 14.7. The number of carbonyl (C=O) groups excluding carboxylic acids is 1. The van der Waals surface area contributed by atoms with Crippen molar-refractivity contribution in [3.8, 4) is 0 Å². The number of piperazine rings is 1. The predicted molar refractivity (Wildman–Crippen MR) is 48.6 cm³/mol. The van der Waals surface area contributed by atoms with E-state index in [-0.39, 0.29) is 5.91 Å². The second kappa shape index (κ2) is 4.58. The molecular formula is C9H17N2O2. The topological polar surface area (TPSA) is 43.5 Å². The molecule has 1 fully saturated rings. The van der Waals surface area contributed by atoms with Gasteiger partial charge >= 0.3 is 0 Å². The number of nitrogens with zero attached hydrogens (tertiary/aromatic N) is 2. The van der Waals surface area contributed by atoms with Crippen molar-refractivity contribution in [1.82, 2.24) is 9.80 Å². The minimum atomic E-state index is -0.589. The SMILES string of the molecule is CCC([O])N1CCN(C(C)=O)CC1. The van der Waals surface area contributed by atoms with Gasteiger partial charge in [0.2, 0.25) is 5.91 Å². The maximum atomic E-state index is 11.3. The van der Waals surface area contributed by atoms with Crippen molar-refractivity contribution in [3.63, 3.8) is 0 Å². The zero-order valence-corrected chi connectivity index (χ0v) is 8.32. The van der Waals surface area contributed by atoms with Crippen LogP contribution >= 0.6 is 0 Å². The van der Waals surface area contributed by atoms with E-state index in [1.54, 1.807) is 11.8 Å². The van der Waals surface area contributed by atoms with E-state index in [0.717, 1.165) is 13.1 Å². The lowest BCUT2D eigenvalue weighted by Crippen LogP contribution is -2.51. The van der Waals surface area contributed by atoms with Gasteiger partial charge in [0.05, 0.1) is 0 Å². The van der Waals surface area contributed by atoms with Gasteiger partial charge in [-0.3, -0.25) is 9.69 Å². The Morgan fingerprint density at radius 2 is 1.85 bits per heavy atom. The molecule has 4 nitrogen and oxygen atoms in total. The van der Waals surface area contributed by atoms with E-state index >= 15 is 0 Å². The second-order valence-electron chi connectivity index (χ2n) is 3.40. The maximum Gasteiger partial charge on any atom is 0.219 e. The molecule has 0 aromatic rings. The molecule has 1 heterocycles. The first-order chi connectivity index (χ1) is 6.15. The number of rotatable bonds is 2. The van der Waals surface area contributed by atoms with Gasteiger partial charge in [-0.15, -0.1) is 0 Å². The molecule has 0 saturated carbocycles. The third-order valence-corrected chi connectivity index (χ3v) is 2.52. The van der Waals surface area contributed by atoms with E-state index in [2.05, 4.69) is 0 Å². The summed E-state index contributed by atoms with van der Waals surface area (Å²) >= 11 is 0. The molecule has 1 radical (unpaired) electrons. The van der Waals surface area contributed by atoms with E-state index in [1.165, 1.54) is 0 Å². The first kappa shape index (κ1) is 10.5.